The average Bonchev–Trinajstić information content (AvgIpc) is 2.28. The number of hydrogen-bond donors (Lipinski definition) is 1. The molecule has 0 aliphatic heterocycles. The summed E-state index contributed by atoms with van der Waals surface area (Å²) in [5.41, 5.74) is 0. The summed E-state index contributed by atoms with van der Waals surface area (Å²) < 4.78 is 25.9. The van der Waals surface area contributed by atoms with Crippen LogP contribution >= 0.6 is 0 Å². The molecular formula is C8H14F2O. The minimum Gasteiger partial charge on any atom is -0.396 e. The van der Waals surface area contributed by atoms with E-state index in [0.717, 1.165) is 0 Å². The Balaban J connectivity index is 2.57. The lowest BCUT2D eigenvalue weighted by Crippen LogP contribution is -2.29. The van der Waals surface area contributed by atoms with E-state index in [1.165, 1.54) is 0 Å². The Labute approximate surface area is 65.4 Å². The van der Waals surface area contributed by atoms with Gasteiger partial charge in [-0.3, -0.25) is 0 Å². The molecule has 1 aliphatic carbocycles. The molecule has 0 aromatic rings. The van der Waals surface area contributed by atoms with Crippen molar-refractivity contribution in [3.05, 3.63) is 0 Å². The maximum Gasteiger partial charge on any atom is 0.251 e. The average molecular weight is 164 g/mol. The topological polar surface area (TPSA) is 20.2 Å². The standard InChI is InChI=1S/C8H14F2O/c1-6(5-11)7-3-2-4-8(7,9)10/h6-7,11H,2-5H2,1H3. The third kappa shape index (κ3) is 1.70. The number of aliphatic hydroxyl groups is 1. The first kappa shape index (κ1) is 8.91. The van der Waals surface area contributed by atoms with E-state index < -0.39 is 11.8 Å². The number of hydrogen-bond acceptors (Lipinski definition) is 1. The Kier molecular flexibility index (Phi) is 2.47. The van der Waals surface area contributed by atoms with Crippen molar-refractivity contribution in [3.63, 3.8) is 0 Å². The Bertz CT molecular complexity index is 136. The van der Waals surface area contributed by atoms with Crippen LogP contribution in [0.5, 0.6) is 0 Å². The van der Waals surface area contributed by atoms with Gasteiger partial charge in [-0.15, -0.1) is 0 Å². The van der Waals surface area contributed by atoms with E-state index in [4.69, 9.17) is 5.11 Å². The zero-order chi connectivity index (χ0) is 8.48. The highest BCUT2D eigenvalue weighted by molar-refractivity contribution is 4.86. The number of alkyl halides is 2. The van der Waals surface area contributed by atoms with Gasteiger partial charge in [-0.2, -0.15) is 0 Å². The van der Waals surface area contributed by atoms with Crippen LogP contribution in [-0.2, 0) is 0 Å². The van der Waals surface area contributed by atoms with Gasteiger partial charge in [0.25, 0.3) is 5.92 Å². The summed E-state index contributed by atoms with van der Waals surface area (Å²) in [6.07, 6.45) is 1.17. The second-order valence-corrected chi connectivity index (χ2v) is 3.42. The van der Waals surface area contributed by atoms with Gasteiger partial charge in [-0.25, -0.2) is 8.78 Å². The largest absolute Gasteiger partial charge is 0.396 e. The third-order valence-corrected chi connectivity index (χ3v) is 2.54. The SMILES string of the molecule is CC(CO)C1CCCC1(F)F. The number of aliphatic hydroxyl groups excluding tert-OH is 1. The molecule has 1 rings (SSSR count). The second-order valence-electron chi connectivity index (χ2n) is 3.42. The van der Waals surface area contributed by atoms with E-state index >= 15 is 0 Å². The van der Waals surface area contributed by atoms with E-state index in [-0.39, 0.29) is 18.9 Å². The first-order valence-corrected chi connectivity index (χ1v) is 4.06. The lowest BCUT2D eigenvalue weighted by Gasteiger charge is -2.23. The lowest BCUT2D eigenvalue weighted by molar-refractivity contribution is -0.0627. The van der Waals surface area contributed by atoms with Gasteiger partial charge < -0.3 is 5.11 Å². The smallest absolute Gasteiger partial charge is 0.251 e. The molecule has 1 saturated carbocycles. The van der Waals surface area contributed by atoms with Crippen LogP contribution in [0.2, 0.25) is 0 Å². The van der Waals surface area contributed by atoms with Crippen molar-refractivity contribution in [2.45, 2.75) is 32.1 Å². The quantitative estimate of drug-likeness (QED) is 0.662. The van der Waals surface area contributed by atoms with Crippen LogP contribution < -0.4 is 0 Å². The molecule has 1 fully saturated rings. The highest BCUT2D eigenvalue weighted by atomic mass is 19.3. The molecule has 0 saturated heterocycles. The van der Waals surface area contributed by atoms with Gasteiger partial charge in [0.05, 0.1) is 0 Å². The van der Waals surface area contributed by atoms with Crippen molar-refractivity contribution in [2.75, 3.05) is 6.61 Å². The van der Waals surface area contributed by atoms with Crippen molar-refractivity contribution < 1.29 is 13.9 Å². The van der Waals surface area contributed by atoms with Crippen molar-refractivity contribution >= 4 is 0 Å². The molecule has 2 unspecified atom stereocenters. The molecular weight excluding hydrogens is 150 g/mol. The number of halogens is 2. The number of rotatable bonds is 2. The molecule has 1 N–H and O–H groups in total. The van der Waals surface area contributed by atoms with Crippen LogP contribution in [0.3, 0.4) is 0 Å². The van der Waals surface area contributed by atoms with Gasteiger partial charge in [0, 0.05) is 18.9 Å². The molecule has 0 amide bonds. The Morgan fingerprint density at radius 1 is 1.64 bits per heavy atom. The maximum atomic E-state index is 12.9. The van der Waals surface area contributed by atoms with Crippen LogP contribution in [0.25, 0.3) is 0 Å². The second kappa shape index (κ2) is 3.05. The van der Waals surface area contributed by atoms with Gasteiger partial charge in [-0.1, -0.05) is 6.92 Å². The summed E-state index contributed by atoms with van der Waals surface area (Å²) in [6, 6.07) is 0. The normalized spacial score (nSPS) is 32.2. The Morgan fingerprint density at radius 3 is 2.64 bits per heavy atom. The molecule has 0 aromatic carbocycles. The van der Waals surface area contributed by atoms with E-state index in [1.54, 1.807) is 6.92 Å². The molecule has 0 aromatic heterocycles. The fourth-order valence-corrected chi connectivity index (χ4v) is 1.78. The highest BCUT2D eigenvalue weighted by Crippen LogP contribution is 2.43. The van der Waals surface area contributed by atoms with Gasteiger partial charge in [0.1, 0.15) is 0 Å². The summed E-state index contributed by atoms with van der Waals surface area (Å²) in [5.74, 6) is -3.37. The molecule has 0 bridgehead atoms. The molecule has 66 valence electrons. The fraction of sp³-hybridized carbons (Fsp3) is 1.00. The van der Waals surface area contributed by atoms with Crippen LogP contribution in [0.4, 0.5) is 8.78 Å². The van der Waals surface area contributed by atoms with Crippen LogP contribution in [0, 0.1) is 11.8 Å². The first-order valence-electron chi connectivity index (χ1n) is 4.06. The van der Waals surface area contributed by atoms with Gasteiger partial charge >= 0.3 is 0 Å². The monoisotopic (exact) mass is 164 g/mol. The van der Waals surface area contributed by atoms with Gasteiger partial charge in [0.2, 0.25) is 0 Å². The molecule has 1 nitrogen and oxygen atoms in total. The van der Waals surface area contributed by atoms with Gasteiger partial charge in [0.15, 0.2) is 0 Å². The van der Waals surface area contributed by atoms with Gasteiger partial charge in [-0.05, 0) is 18.8 Å². The van der Waals surface area contributed by atoms with E-state index in [2.05, 4.69) is 0 Å². The summed E-state index contributed by atoms with van der Waals surface area (Å²) >= 11 is 0. The first-order chi connectivity index (χ1) is 5.08. The summed E-state index contributed by atoms with van der Waals surface area (Å²) in [6.45, 7) is 1.56. The third-order valence-electron chi connectivity index (χ3n) is 2.54. The molecule has 3 heteroatoms. The predicted octanol–water partition coefficient (Wildman–Crippen LogP) is 2.05. The molecule has 0 heterocycles. The highest BCUT2D eigenvalue weighted by Gasteiger charge is 2.45. The molecule has 0 radical (unpaired) electrons. The van der Waals surface area contributed by atoms with Crippen molar-refractivity contribution in [1.29, 1.82) is 0 Å². The minimum absolute atomic E-state index is 0.00199. The lowest BCUT2D eigenvalue weighted by atomic mass is 9.91. The zero-order valence-corrected chi connectivity index (χ0v) is 6.69. The molecule has 2 atom stereocenters. The maximum absolute atomic E-state index is 12.9. The van der Waals surface area contributed by atoms with Crippen molar-refractivity contribution in [3.8, 4) is 0 Å². The zero-order valence-electron chi connectivity index (χ0n) is 6.69. The van der Waals surface area contributed by atoms with E-state index in [9.17, 15) is 8.78 Å². The summed E-state index contributed by atoms with van der Waals surface area (Å²) in [7, 11) is 0. The van der Waals surface area contributed by atoms with E-state index in [1.807, 2.05) is 0 Å². The summed E-state index contributed by atoms with van der Waals surface area (Å²) in [4.78, 5) is 0. The fourth-order valence-electron chi connectivity index (χ4n) is 1.78. The minimum atomic E-state index is -2.53. The van der Waals surface area contributed by atoms with Crippen LogP contribution in [0.15, 0.2) is 0 Å². The van der Waals surface area contributed by atoms with Crippen LogP contribution in [0.1, 0.15) is 26.2 Å². The predicted molar refractivity (Wildman–Crippen MR) is 38.5 cm³/mol. The Hall–Kier alpha value is -0.180. The van der Waals surface area contributed by atoms with Crippen molar-refractivity contribution in [2.24, 2.45) is 11.8 Å². The Morgan fingerprint density at radius 2 is 2.27 bits per heavy atom. The molecule has 11 heavy (non-hydrogen) atoms. The molecule has 1 aliphatic rings. The van der Waals surface area contributed by atoms with Crippen molar-refractivity contribution in [1.82, 2.24) is 0 Å². The summed E-state index contributed by atoms with van der Waals surface area (Å²) in [5, 5.41) is 8.69. The van der Waals surface area contributed by atoms with Crippen LogP contribution in [-0.4, -0.2) is 17.6 Å². The molecule has 0 spiro atoms. The van der Waals surface area contributed by atoms with E-state index in [0.29, 0.717) is 12.8 Å².